The first-order valence-electron chi connectivity index (χ1n) is 8.06. The van der Waals surface area contributed by atoms with Crippen LogP contribution in [0.25, 0.3) is 0 Å². The van der Waals surface area contributed by atoms with Gasteiger partial charge in [0.05, 0.1) is 23.3 Å². The van der Waals surface area contributed by atoms with Gasteiger partial charge in [-0.15, -0.1) is 0 Å². The number of benzene rings is 2. The van der Waals surface area contributed by atoms with Gasteiger partial charge in [-0.3, -0.25) is 10.1 Å². The number of hydrogen-bond donors (Lipinski definition) is 1. The van der Waals surface area contributed by atoms with Gasteiger partial charge in [0.1, 0.15) is 4.90 Å². The fraction of sp³-hybridized carbons (Fsp3) is 0.294. The molecule has 0 spiro atoms. The van der Waals surface area contributed by atoms with Crippen molar-refractivity contribution in [1.82, 2.24) is 0 Å². The Morgan fingerprint density at radius 1 is 1.23 bits per heavy atom. The highest BCUT2D eigenvalue weighted by Gasteiger charge is 2.27. The summed E-state index contributed by atoms with van der Waals surface area (Å²) < 4.78 is 29.6. The number of nitro groups is 1. The summed E-state index contributed by atoms with van der Waals surface area (Å²) in [5.74, 6) is 0. The molecule has 1 fully saturated rings. The van der Waals surface area contributed by atoms with Crippen molar-refractivity contribution in [2.45, 2.75) is 17.4 Å². The van der Waals surface area contributed by atoms with E-state index in [0.29, 0.717) is 26.1 Å². The third-order valence-electron chi connectivity index (χ3n) is 4.25. The largest absolute Gasteiger partial charge is 0.374 e. The number of anilines is 1. The minimum atomic E-state index is -4.01. The van der Waals surface area contributed by atoms with Gasteiger partial charge >= 0.3 is 0 Å². The quantitative estimate of drug-likeness (QED) is 0.626. The average Bonchev–Trinajstić information content (AvgIpc) is 2.61. The van der Waals surface area contributed by atoms with Gasteiger partial charge in [-0.1, -0.05) is 30.3 Å². The Labute approximate surface area is 151 Å². The molecule has 2 aromatic rings. The van der Waals surface area contributed by atoms with E-state index in [1.165, 1.54) is 12.1 Å². The summed E-state index contributed by atoms with van der Waals surface area (Å²) in [6, 6.07) is 13.4. The number of ether oxygens (including phenoxy) is 1. The zero-order valence-electron chi connectivity index (χ0n) is 13.9. The first kappa shape index (κ1) is 18.3. The van der Waals surface area contributed by atoms with Crippen molar-refractivity contribution in [2.75, 3.05) is 24.6 Å². The van der Waals surface area contributed by atoms with E-state index in [9.17, 15) is 18.5 Å². The van der Waals surface area contributed by atoms with Crippen molar-refractivity contribution < 1.29 is 18.1 Å². The molecule has 1 unspecified atom stereocenters. The van der Waals surface area contributed by atoms with Crippen LogP contribution in [-0.2, 0) is 21.2 Å². The number of nitrogens with two attached hydrogens (primary N) is 1. The van der Waals surface area contributed by atoms with Crippen LogP contribution in [0.15, 0.2) is 53.4 Å². The summed E-state index contributed by atoms with van der Waals surface area (Å²) in [4.78, 5) is 12.2. The van der Waals surface area contributed by atoms with Crippen molar-refractivity contribution in [2.24, 2.45) is 5.14 Å². The van der Waals surface area contributed by atoms with E-state index in [-0.39, 0.29) is 22.4 Å². The van der Waals surface area contributed by atoms with Crippen LogP contribution in [0.4, 0.5) is 11.4 Å². The van der Waals surface area contributed by atoms with Crippen molar-refractivity contribution in [3.05, 3.63) is 64.2 Å². The predicted molar refractivity (Wildman–Crippen MR) is 96.6 cm³/mol. The minimum absolute atomic E-state index is 0.122. The van der Waals surface area contributed by atoms with Crippen molar-refractivity contribution >= 4 is 21.4 Å². The lowest BCUT2D eigenvalue weighted by atomic mass is 10.1. The van der Waals surface area contributed by atoms with Gasteiger partial charge in [0, 0.05) is 31.6 Å². The van der Waals surface area contributed by atoms with Crippen LogP contribution in [0.2, 0.25) is 0 Å². The van der Waals surface area contributed by atoms with Crippen LogP contribution < -0.4 is 10.0 Å². The van der Waals surface area contributed by atoms with Gasteiger partial charge in [-0.2, -0.15) is 0 Å². The van der Waals surface area contributed by atoms with E-state index in [0.717, 1.165) is 11.6 Å². The maximum Gasteiger partial charge on any atom is 0.271 e. The maximum absolute atomic E-state index is 11.9. The Morgan fingerprint density at radius 3 is 2.62 bits per heavy atom. The highest BCUT2D eigenvalue weighted by molar-refractivity contribution is 7.89. The average molecular weight is 377 g/mol. The molecule has 0 saturated carbocycles. The summed E-state index contributed by atoms with van der Waals surface area (Å²) >= 11 is 0. The Morgan fingerprint density at radius 2 is 1.96 bits per heavy atom. The highest BCUT2D eigenvalue weighted by atomic mass is 32.2. The lowest BCUT2D eigenvalue weighted by Crippen LogP contribution is -2.44. The number of nitro benzene ring substituents is 1. The number of non-ortho nitro benzene ring substituents is 1. The van der Waals surface area contributed by atoms with Crippen LogP contribution in [0.3, 0.4) is 0 Å². The summed E-state index contributed by atoms with van der Waals surface area (Å²) in [6.45, 7) is 1.23. The summed E-state index contributed by atoms with van der Waals surface area (Å²) in [5, 5.41) is 16.4. The predicted octanol–water partition coefficient (Wildman–Crippen LogP) is 1.69. The molecule has 8 nitrogen and oxygen atoms in total. The molecule has 138 valence electrons. The van der Waals surface area contributed by atoms with Crippen LogP contribution in [0, 0.1) is 10.1 Å². The van der Waals surface area contributed by atoms with Crippen molar-refractivity contribution in [1.29, 1.82) is 0 Å². The van der Waals surface area contributed by atoms with Gasteiger partial charge in [0.25, 0.3) is 5.69 Å². The molecule has 1 heterocycles. The maximum atomic E-state index is 11.9. The molecule has 1 saturated heterocycles. The Kier molecular flexibility index (Phi) is 5.21. The van der Waals surface area contributed by atoms with E-state index in [2.05, 4.69) is 0 Å². The molecular weight excluding hydrogens is 358 g/mol. The smallest absolute Gasteiger partial charge is 0.271 e. The molecule has 0 bridgehead atoms. The lowest BCUT2D eigenvalue weighted by molar-refractivity contribution is -0.384. The van der Waals surface area contributed by atoms with Crippen LogP contribution in [0.5, 0.6) is 0 Å². The molecule has 1 aliphatic heterocycles. The number of hydrogen-bond acceptors (Lipinski definition) is 6. The molecular formula is C17H19N3O5S. The molecule has 1 aliphatic rings. The monoisotopic (exact) mass is 377 g/mol. The van der Waals surface area contributed by atoms with Gasteiger partial charge in [-0.05, 0) is 11.6 Å². The number of primary sulfonamides is 1. The van der Waals surface area contributed by atoms with Gasteiger partial charge in [0.15, 0.2) is 0 Å². The Hall–Kier alpha value is -2.49. The number of rotatable bonds is 5. The topological polar surface area (TPSA) is 116 Å². The third-order valence-corrected chi connectivity index (χ3v) is 5.20. The second kappa shape index (κ2) is 7.40. The summed E-state index contributed by atoms with van der Waals surface area (Å²) in [5.41, 5.74) is 1.16. The van der Waals surface area contributed by atoms with E-state index in [1.54, 1.807) is 4.90 Å². The molecule has 2 aromatic carbocycles. The van der Waals surface area contributed by atoms with Gasteiger partial charge in [0.2, 0.25) is 10.0 Å². The normalized spacial score (nSPS) is 17.9. The van der Waals surface area contributed by atoms with Crippen LogP contribution >= 0.6 is 0 Å². The molecule has 0 amide bonds. The van der Waals surface area contributed by atoms with E-state index in [1.807, 2.05) is 30.3 Å². The van der Waals surface area contributed by atoms with E-state index >= 15 is 0 Å². The third kappa shape index (κ3) is 4.18. The first-order valence-corrected chi connectivity index (χ1v) is 9.61. The summed E-state index contributed by atoms with van der Waals surface area (Å²) in [7, 11) is -4.01. The fourth-order valence-corrected chi connectivity index (χ4v) is 3.78. The van der Waals surface area contributed by atoms with Crippen molar-refractivity contribution in [3.8, 4) is 0 Å². The Bertz CT molecular complexity index is 902. The standard InChI is InChI=1S/C17H19N3O5S/c18-26(23,24)17-7-6-14(20(21)22)11-16(17)19-8-9-25-15(12-19)10-13-4-2-1-3-5-13/h1-7,11,15H,8-10,12H2,(H2,18,23,24). The SMILES string of the molecule is NS(=O)(=O)c1ccc([N+](=O)[O-])cc1N1CCOC(Cc2ccccc2)C1. The van der Waals surface area contributed by atoms with Crippen LogP contribution in [0.1, 0.15) is 5.56 Å². The number of nitrogens with zero attached hydrogens (tertiary/aromatic N) is 2. The second-order valence-corrected chi connectivity index (χ2v) is 7.61. The fourth-order valence-electron chi connectivity index (χ4n) is 3.05. The molecule has 26 heavy (non-hydrogen) atoms. The van der Waals surface area contributed by atoms with E-state index in [4.69, 9.17) is 9.88 Å². The minimum Gasteiger partial charge on any atom is -0.374 e. The molecule has 2 N–H and O–H groups in total. The zero-order chi connectivity index (χ0) is 18.7. The van der Waals surface area contributed by atoms with Gasteiger partial charge in [-0.25, -0.2) is 13.6 Å². The Balaban J connectivity index is 1.89. The highest BCUT2D eigenvalue weighted by Crippen LogP contribution is 2.30. The first-order chi connectivity index (χ1) is 12.3. The second-order valence-electron chi connectivity index (χ2n) is 6.08. The molecule has 3 rings (SSSR count). The zero-order valence-corrected chi connectivity index (χ0v) is 14.8. The molecule has 0 aliphatic carbocycles. The molecule has 0 radical (unpaired) electrons. The molecule has 9 heteroatoms. The number of morpholine rings is 1. The van der Waals surface area contributed by atoms with Gasteiger partial charge < -0.3 is 9.64 Å². The number of sulfonamides is 1. The van der Waals surface area contributed by atoms with E-state index < -0.39 is 14.9 Å². The summed E-state index contributed by atoms with van der Waals surface area (Å²) in [6.07, 6.45) is 0.510. The lowest BCUT2D eigenvalue weighted by Gasteiger charge is -2.35. The van der Waals surface area contributed by atoms with Crippen molar-refractivity contribution in [3.63, 3.8) is 0 Å². The molecule has 0 aromatic heterocycles. The molecule has 1 atom stereocenters. The van der Waals surface area contributed by atoms with Crippen LogP contribution in [-0.4, -0.2) is 39.1 Å².